The molecule has 0 aromatic carbocycles. The molecule has 2 rings (SSSR count). The summed E-state index contributed by atoms with van der Waals surface area (Å²) in [5, 5.41) is 4.02. The molecule has 2 aromatic rings. The first-order valence-corrected chi connectivity index (χ1v) is 8.41. The normalized spacial score (nSPS) is 11.9. The van der Waals surface area contributed by atoms with E-state index in [2.05, 4.69) is 15.3 Å². The van der Waals surface area contributed by atoms with Gasteiger partial charge in [-0.05, 0) is 40.2 Å². The Morgan fingerprint density at radius 2 is 2.05 bits per heavy atom. The number of carbonyl (C=O) groups is 1. The highest BCUT2D eigenvalue weighted by molar-refractivity contribution is 7.99. The third kappa shape index (κ3) is 3.85. The summed E-state index contributed by atoms with van der Waals surface area (Å²) in [6.45, 7) is 9.69. The number of H-pyrrole nitrogens is 1. The Labute approximate surface area is 131 Å². The predicted octanol–water partition coefficient (Wildman–Crippen LogP) is 2.61. The molecule has 0 unspecified atom stereocenters. The standard InChI is InChI=1S/C14H19N3O2S2/c1-7-8(2)21-12-10(7)11(19)15-13(16-12)20-6-9(18)17-14(3,4)5/h6H2,1-5H3,(H,17,18)(H,15,16,19). The fourth-order valence-electron chi connectivity index (χ4n) is 1.89. The molecule has 0 fully saturated rings. The van der Waals surface area contributed by atoms with Crippen LogP contribution in [-0.2, 0) is 4.79 Å². The Morgan fingerprint density at radius 3 is 2.67 bits per heavy atom. The minimum absolute atomic E-state index is 0.0752. The van der Waals surface area contributed by atoms with E-state index in [-0.39, 0.29) is 22.8 Å². The first-order chi connectivity index (χ1) is 9.67. The van der Waals surface area contributed by atoms with Gasteiger partial charge in [-0.15, -0.1) is 11.3 Å². The highest BCUT2D eigenvalue weighted by Crippen LogP contribution is 2.27. The Balaban J connectivity index is 2.17. The summed E-state index contributed by atoms with van der Waals surface area (Å²) < 4.78 is 0. The predicted molar refractivity (Wildman–Crippen MR) is 88.3 cm³/mol. The monoisotopic (exact) mass is 325 g/mol. The molecule has 0 spiro atoms. The number of thiophene rings is 1. The first kappa shape index (κ1) is 16.0. The summed E-state index contributed by atoms with van der Waals surface area (Å²) >= 11 is 2.75. The van der Waals surface area contributed by atoms with Crippen LogP contribution in [0.3, 0.4) is 0 Å². The van der Waals surface area contributed by atoms with Crippen molar-refractivity contribution in [3.63, 3.8) is 0 Å². The van der Waals surface area contributed by atoms with Gasteiger partial charge in [0.05, 0.1) is 11.1 Å². The van der Waals surface area contributed by atoms with Crippen molar-refractivity contribution in [2.45, 2.75) is 45.3 Å². The number of amides is 1. The van der Waals surface area contributed by atoms with Gasteiger partial charge < -0.3 is 10.3 Å². The van der Waals surface area contributed by atoms with Crippen LogP contribution >= 0.6 is 23.1 Å². The number of carbonyl (C=O) groups excluding carboxylic acids is 1. The van der Waals surface area contributed by atoms with Crippen LogP contribution in [0.4, 0.5) is 0 Å². The molecule has 0 aliphatic heterocycles. The van der Waals surface area contributed by atoms with Gasteiger partial charge in [-0.25, -0.2) is 4.98 Å². The molecule has 1 amide bonds. The summed E-state index contributed by atoms with van der Waals surface area (Å²) in [7, 11) is 0. The SMILES string of the molecule is Cc1sc2nc(SCC(=O)NC(C)(C)C)[nH]c(=O)c2c1C. The second-order valence-corrected chi connectivity index (χ2v) is 8.09. The number of hydrogen-bond donors (Lipinski definition) is 2. The molecule has 0 saturated heterocycles. The molecule has 0 bridgehead atoms. The van der Waals surface area contributed by atoms with Gasteiger partial charge in [0.15, 0.2) is 5.16 Å². The van der Waals surface area contributed by atoms with Crippen LogP contribution in [0.1, 0.15) is 31.2 Å². The van der Waals surface area contributed by atoms with Gasteiger partial charge in [0.2, 0.25) is 5.91 Å². The van der Waals surface area contributed by atoms with E-state index in [0.717, 1.165) is 15.3 Å². The molecule has 5 nitrogen and oxygen atoms in total. The van der Waals surface area contributed by atoms with Crippen LogP contribution in [0.2, 0.25) is 0 Å². The molecule has 0 atom stereocenters. The summed E-state index contributed by atoms with van der Waals surface area (Å²) in [6, 6.07) is 0. The Kier molecular flexibility index (Phi) is 4.43. The minimum Gasteiger partial charge on any atom is -0.351 e. The van der Waals surface area contributed by atoms with E-state index in [0.29, 0.717) is 10.5 Å². The van der Waals surface area contributed by atoms with E-state index in [4.69, 9.17) is 0 Å². The lowest BCUT2D eigenvalue weighted by Gasteiger charge is -2.20. The topological polar surface area (TPSA) is 74.8 Å². The van der Waals surface area contributed by atoms with Gasteiger partial charge in [0, 0.05) is 10.4 Å². The number of aromatic amines is 1. The zero-order chi connectivity index (χ0) is 15.8. The summed E-state index contributed by atoms with van der Waals surface area (Å²) in [5.74, 6) is 0.156. The number of rotatable bonds is 3. The maximum atomic E-state index is 12.1. The summed E-state index contributed by atoms with van der Waals surface area (Å²) in [5.41, 5.74) is 0.580. The largest absolute Gasteiger partial charge is 0.351 e. The highest BCUT2D eigenvalue weighted by Gasteiger charge is 2.15. The molecule has 2 aromatic heterocycles. The average molecular weight is 325 g/mol. The van der Waals surface area contributed by atoms with Gasteiger partial charge in [-0.1, -0.05) is 11.8 Å². The molecule has 2 heterocycles. The Hall–Kier alpha value is -1.34. The van der Waals surface area contributed by atoms with E-state index >= 15 is 0 Å². The van der Waals surface area contributed by atoms with Crippen LogP contribution in [-0.4, -0.2) is 27.2 Å². The number of aryl methyl sites for hydroxylation is 2. The van der Waals surface area contributed by atoms with Crippen molar-refractivity contribution < 1.29 is 4.79 Å². The maximum absolute atomic E-state index is 12.1. The molecule has 7 heteroatoms. The minimum atomic E-state index is -0.260. The van der Waals surface area contributed by atoms with E-state index in [9.17, 15) is 9.59 Å². The number of thioether (sulfide) groups is 1. The number of fused-ring (bicyclic) bond motifs is 1. The lowest BCUT2D eigenvalue weighted by molar-refractivity contribution is -0.119. The summed E-state index contributed by atoms with van der Waals surface area (Å²) in [4.78, 5) is 32.9. The van der Waals surface area contributed by atoms with Crippen LogP contribution in [0, 0.1) is 13.8 Å². The number of aromatic nitrogens is 2. The van der Waals surface area contributed by atoms with Crippen LogP contribution < -0.4 is 10.9 Å². The average Bonchev–Trinajstić information content (AvgIpc) is 2.61. The maximum Gasteiger partial charge on any atom is 0.260 e. The molecule has 114 valence electrons. The Morgan fingerprint density at radius 1 is 1.38 bits per heavy atom. The fraction of sp³-hybridized carbons (Fsp3) is 0.500. The smallest absolute Gasteiger partial charge is 0.260 e. The molecule has 0 saturated carbocycles. The lowest BCUT2D eigenvalue weighted by atomic mass is 10.1. The van der Waals surface area contributed by atoms with Crippen LogP contribution in [0.5, 0.6) is 0 Å². The summed E-state index contributed by atoms with van der Waals surface area (Å²) in [6.07, 6.45) is 0. The second-order valence-electron chi connectivity index (χ2n) is 5.92. The van der Waals surface area contributed by atoms with Crippen molar-refractivity contribution in [2.75, 3.05) is 5.75 Å². The molecule has 0 aliphatic carbocycles. The zero-order valence-corrected chi connectivity index (χ0v) is 14.4. The van der Waals surface area contributed by atoms with Gasteiger partial charge >= 0.3 is 0 Å². The molecule has 2 N–H and O–H groups in total. The molecular formula is C14H19N3O2S2. The van der Waals surface area contributed by atoms with E-state index < -0.39 is 0 Å². The van der Waals surface area contributed by atoms with Crippen molar-refractivity contribution in [3.05, 3.63) is 20.8 Å². The molecule has 0 radical (unpaired) electrons. The molecule has 21 heavy (non-hydrogen) atoms. The molecular weight excluding hydrogens is 306 g/mol. The van der Waals surface area contributed by atoms with Crippen molar-refractivity contribution in [1.29, 1.82) is 0 Å². The number of nitrogens with one attached hydrogen (secondary N) is 2. The molecule has 0 aliphatic rings. The number of nitrogens with zero attached hydrogens (tertiary/aromatic N) is 1. The zero-order valence-electron chi connectivity index (χ0n) is 12.8. The lowest BCUT2D eigenvalue weighted by Crippen LogP contribution is -2.41. The van der Waals surface area contributed by atoms with Gasteiger partial charge in [0.25, 0.3) is 5.56 Å². The van der Waals surface area contributed by atoms with Crippen molar-refractivity contribution in [2.24, 2.45) is 0 Å². The van der Waals surface area contributed by atoms with Crippen molar-refractivity contribution in [1.82, 2.24) is 15.3 Å². The van der Waals surface area contributed by atoms with Gasteiger partial charge in [-0.2, -0.15) is 0 Å². The van der Waals surface area contributed by atoms with E-state index in [1.165, 1.54) is 23.1 Å². The van der Waals surface area contributed by atoms with Crippen molar-refractivity contribution >= 4 is 39.2 Å². The number of hydrogen-bond acceptors (Lipinski definition) is 5. The second kappa shape index (κ2) is 5.81. The van der Waals surface area contributed by atoms with E-state index in [1.807, 2.05) is 34.6 Å². The van der Waals surface area contributed by atoms with Gasteiger partial charge in [-0.3, -0.25) is 9.59 Å². The first-order valence-electron chi connectivity index (χ1n) is 6.61. The highest BCUT2D eigenvalue weighted by atomic mass is 32.2. The van der Waals surface area contributed by atoms with Gasteiger partial charge in [0.1, 0.15) is 4.83 Å². The Bertz CT molecular complexity index is 741. The van der Waals surface area contributed by atoms with Crippen LogP contribution in [0.25, 0.3) is 10.2 Å². The van der Waals surface area contributed by atoms with Crippen molar-refractivity contribution in [3.8, 4) is 0 Å². The van der Waals surface area contributed by atoms with E-state index in [1.54, 1.807) is 0 Å². The quantitative estimate of drug-likeness (QED) is 0.672. The third-order valence-corrected chi connectivity index (χ3v) is 4.85. The van der Waals surface area contributed by atoms with Crippen LogP contribution in [0.15, 0.2) is 9.95 Å². The fourth-order valence-corrected chi connectivity index (χ4v) is 3.64. The third-order valence-electron chi connectivity index (χ3n) is 2.87.